The average Bonchev–Trinajstić information content (AvgIpc) is 2.29. The Morgan fingerprint density at radius 3 is 3.00 bits per heavy atom. The molecule has 1 aliphatic rings. The third-order valence-corrected chi connectivity index (χ3v) is 3.37. The summed E-state index contributed by atoms with van der Waals surface area (Å²) in [6, 6.07) is 4.99. The quantitative estimate of drug-likeness (QED) is 0.873. The van der Waals surface area contributed by atoms with E-state index in [0.717, 1.165) is 19.4 Å². The van der Waals surface area contributed by atoms with Crippen LogP contribution in [0.25, 0.3) is 0 Å². The van der Waals surface area contributed by atoms with Gasteiger partial charge in [0.2, 0.25) is 0 Å². The van der Waals surface area contributed by atoms with Crippen molar-refractivity contribution in [3.63, 3.8) is 0 Å². The van der Waals surface area contributed by atoms with Gasteiger partial charge in [-0.15, -0.1) is 0 Å². The largest absolute Gasteiger partial charge is 0.375 e. The maximum absolute atomic E-state index is 5.73. The van der Waals surface area contributed by atoms with Gasteiger partial charge in [0, 0.05) is 31.1 Å². The van der Waals surface area contributed by atoms with Crippen molar-refractivity contribution in [3.05, 3.63) is 30.1 Å². The van der Waals surface area contributed by atoms with Gasteiger partial charge in [0.15, 0.2) is 0 Å². The maximum atomic E-state index is 5.73. The molecule has 3 nitrogen and oxygen atoms in total. The van der Waals surface area contributed by atoms with Gasteiger partial charge in [-0.2, -0.15) is 0 Å². The fraction of sp³-hybridized carbons (Fsp3) is 0.643. The first-order chi connectivity index (χ1) is 8.07. The smallest absolute Gasteiger partial charge is 0.0641 e. The molecule has 1 saturated heterocycles. The highest BCUT2D eigenvalue weighted by molar-refractivity contribution is 5.13. The third-order valence-electron chi connectivity index (χ3n) is 3.37. The Kier molecular flexibility index (Phi) is 3.79. The lowest BCUT2D eigenvalue weighted by Crippen LogP contribution is -2.44. The van der Waals surface area contributed by atoms with E-state index in [9.17, 15) is 0 Å². The van der Waals surface area contributed by atoms with E-state index in [1.165, 1.54) is 5.56 Å². The summed E-state index contributed by atoms with van der Waals surface area (Å²) >= 11 is 0. The Balaban J connectivity index is 1.93. The van der Waals surface area contributed by atoms with E-state index < -0.39 is 0 Å². The lowest BCUT2D eigenvalue weighted by atomic mass is 9.93. The van der Waals surface area contributed by atoms with Crippen LogP contribution in [-0.2, 0) is 4.74 Å². The molecule has 0 bridgehead atoms. The molecule has 1 aromatic heterocycles. The van der Waals surface area contributed by atoms with Crippen LogP contribution in [0.15, 0.2) is 24.5 Å². The summed E-state index contributed by atoms with van der Waals surface area (Å²) in [5, 5.41) is 3.67. The van der Waals surface area contributed by atoms with Gasteiger partial charge in [0.25, 0.3) is 0 Å². The Hall–Kier alpha value is -0.930. The second-order valence-electron chi connectivity index (χ2n) is 5.47. The van der Waals surface area contributed by atoms with Crippen molar-refractivity contribution in [2.45, 2.75) is 51.3 Å². The molecule has 0 aromatic carbocycles. The number of nitrogens with zero attached hydrogens (tertiary/aromatic N) is 1. The van der Waals surface area contributed by atoms with Crippen LogP contribution < -0.4 is 5.32 Å². The van der Waals surface area contributed by atoms with Crippen LogP contribution in [0.5, 0.6) is 0 Å². The van der Waals surface area contributed by atoms with Crippen molar-refractivity contribution in [2.75, 3.05) is 6.61 Å². The molecule has 0 radical (unpaired) electrons. The predicted octanol–water partition coefficient (Wildman–Crippen LogP) is 2.69. The van der Waals surface area contributed by atoms with Crippen molar-refractivity contribution in [3.8, 4) is 0 Å². The first-order valence-electron chi connectivity index (χ1n) is 6.37. The maximum Gasteiger partial charge on any atom is 0.0641 e. The monoisotopic (exact) mass is 234 g/mol. The van der Waals surface area contributed by atoms with Crippen LogP contribution in [0.3, 0.4) is 0 Å². The van der Waals surface area contributed by atoms with Gasteiger partial charge in [-0.3, -0.25) is 4.98 Å². The molecule has 1 aliphatic heterocycles. The van der Waals surface area contributed by atoms with E-state index in [4.69, 9.17) is 4.74 Å². The van der Waals surface area contributed by atoms with Gasteiger partial charge >= 0.3 is 0 Å². The number of rotatable bonds is 3. The van der Waals surface area contributed by atoms with Crippen molar-refractivity contribution < 1.29 is 4.74 Å². The topological polar surface area (TPSA) is 34.1 Å². The van der Waals surface area contributed by atoms with Crippen LogP contribution in [0.2, 0.25) is 0 Å². The number of hydrogen-bond acceptors (Lipinski definition) is 3. The molecular formula is C14H22N2O. The fourth-order valence-corrected chi connectivity index (χ4v) is 2.46. The van der Waals surface area contributed by atoms with Gasteiger partial charge in [-0.25, -0.2) is 0 Å². The van der Waals surface area contributed by atoms with E-state index in [1.54, 1.807) is 0 Å². The van der Waals surface area contributed by atoms with E-state index in [0.29, 0.717) is 12.1 Å². The number of ether oxygens (including phenoxy) is 1. The molecule has 2 unspecified atom stereocenters. The van der Waals surface area contributed by atoms with E-state index in [1.807, 2.05) is 18.5 Å². The van der Waals surface area contributed by atoms with E-state index in [2.05, 4.69) is 37.1 Å². The molecule has 2 atom stereocenters. The minimum absolute atomic E-state index is 0.00454. The fourth-order valence-electron chi connectivity index (χ4n) is 2.46. The summed E-state index contributed by atoms with van der Waals surface area (Å²) in [6.45, 7) is 7.37. The van der Waals surface area contributed by atoms with Gasteiger partial charge < -0.3 is 10.1 Å². The third kappa shape index (κ3) is 3.51. The highest BCUT2D eigenvalue weighted by atomic mass is 16.5. The summed E-state index contributed by atoms with van der Waals surface area (Å²) in [6.07, 6.45) is 5.90. The molecule has 17 heavy (non-hydrogen) atoms. The number of aromatic nitrogens is 1. The second kappa shape index (κ2) is 5.15. The SMILES string of the molecule is CC(NC1CCOC(C)(C)C1)c1cccnc1. The summed E-state index contributed by atoms with van der Waals surface area (Å²) in [4.78, 5) is 4.16. The number of nitrogens with one attached hydrogen (secondary N) is 1. The van der Waals surface area contributed by atoms with Crippen LogP contribution in [-0.4, -0.2) is 23.2 Å². The Morgan fingerprint density at radius 2 is 2.35 bits per heavy atom. The van der Waals surface area contributed by atoms with Crippen LogP contribution in [0.4, 0.5) is 0 Å². The van der Waals surface area contributed by atoms with Gasteiger partial charge in [-0.1, -0.05) is 6.07 Å². The standard InChI is InChI=1S/C14H22N2O/c1-11(12-5-4-7-15-10-12)16-13-6-8-17-14(2,3)9-13/h4-5,7,10-11,13,16H,6,8-9H2,1-3H3. The summed E-state index contributed by atoms with van der Waals surface area (Å²) < 4.78 is 5.73. The molecule has 1 N–H and O–H groups in total. The molecule has 2 rings (SSSR count). The zero-order chi connectivity index (χ0) is 12.3. The van der Waals surface area contributed by atoms with Crippen LogP contribution in [0.1, 0.15) is 45.2 Å². The Morgan fingerprint density at radius 1 is 1.53 bits per heavy atom. The second-order valence-corrected chi connectivity index (χ2v) is 5.47. The number of pyridine rings is 1. The molecule has 94 valence electrons. The van der Waals surface area contributed by atoms with Gasteiger partial charge in [-0.05, 0) is 45.2 Å². The normalized spacial score (nSPS) is 25.5. The highest BCUT2D eigenvalue weighted by Gasteiger charge is 2.29. The summed E-state index contributed by atoms with van der Waals surface area (Å²) in [7, 11) is 0. The Labute approximate surface area is 104 Å². The Bertz CT molecular complexity index is 350. The minimum atomic E-state index is 0.00454. The molecule has 1 aromatic rings. The zero-order valence-electron chi connectivity index (χ0n) is 10.9. The number of hydrogen-bond donors (Lipinski definition) is 1. The van der Waals surface area contributed by atoms with Crippen molar-refractivity contribution in [1.29, 1.82) is 0 Å². The first kappa shape index (κ1) is 12.5. The molecule has 0 saturated carbocycles. The zero-order valence-corrected chi connectivity index (χ0v) is 10.9. The summed E-state index contributed by atoms with van der Waals surface area (Å²) in [5.74, 6) is 0. The van der Waals surface area contributed by atoms with Crippen molar-refractivity contribution >= 4 is 0 Å². The minimum Gasteiger partial charge on any atom is -0.375 e. The molecule has 3 heteroatoms. The molecule has 2 heterocycles. The van der Waals surface area contributed by atoms with Crippen LogP contribution >= 0.6 is 0 Å². The highest BCUT2D eigenvalue weighted by Crippen LogP contribution is 2.25. The molecule has 0 spiro atoms. The lowest BCUT2D eigenvalue weighted by Gasteiger charge is -2.37. The first-order valence-corrected chi connectivity index (χ1v) is 6.37. The van der Waals surface area contributed by atoms with Crippen molar-refractivity contribution in [2.24, 2.45) is 0 Å². The van der Waals surface area contributed by atoms with Gasteiger partial charge in [0.05, 0.1) is 5.60 Å². The van der Waals surface area contributed by atoms with E-state index in [-0.39, 0.29) is 5.60 Å². The van der Waals surface area contributed by atoms with Crippen LogP contribution in [0, 0.1) is 0 Å². The van der Waals surface area contributed by atoms with E-state index >= 15 is 0 Å². The van der Waals surface area contributed by atoms with Gasteiger partial charge in [0.1, 0.15) is 0 Å². The lowest BCUT2D eigenvalue weighted by molar-refractivity contribution is -0.0640. The average molecular weight is 234 g/mol. The molecule has 0 amide bonds. The van der Waals surface area contributed by atoms with Crippen molar-refractivity contribution in [1.82, 2.24) is 10.3 Å². The molecule has 1 fully saturated rings. The predicted molar refractivity (Wildman–Crippen MR) is 68.8 cm³/mol. The molecular weight excluding hydrogens is 212 g/mol. The summed E-state index contributed by atoms with van der Waals surface area (Å²) in [5.41, 5.74) is 1.25. The molecule has 0 aliphatic carbocycles.